The van der Waals surface area contributed by atoms with Gasteiger partial charge in [0, 0.05) is 0 Å². The van der Waals surface area contributed by atoms with Gasteiger partial charge >= 0.3 is 11.9 Å². The van der Waals surface area contributed by atoms with Crippen LogP contribution in [0, 0.1) is 0 Å². The fraction of sp³-hybridized carbons (Fsp3) is 0.720. The summed E-state index contributed by atoms with van der Waals surface area (Å²) in [5.41, 5.74) is 5.51. The predicted octanol–water partition coefficient (Wildman–Crippen LogP) is 3.57. The molecule has 0 spiro atoms. The number of imidazole rings is 1. The minimum absolute atomic E-state index is 0.151. The fourth-order valence-electron chi connectivity index (χ4n) is 4.24. The molecule has 13 nitrogen and oxygen atoms in total. The Hall–Kier alpha value is -2.60. The van der Waals surface area contributed by atoms with Gasteiger partial charge in [-0.1, -0.05) is 19.8 Å². The number of carbonyl (C=O) groups excluding carboxylic acids is 2. The summed E-state index contributed by atoms with van der Waals surface area (Å²) in [6, 6.07) is 0. The van der Waals surface area contributed by atoms with Crippen molar-refractivity contribution in [2.75, 3.05) is 25.3 Å². The smallest absolute Gasteiger partial charge is 0.332 e. The first-order chi connectivity index (χ1) is 18.5. The lowest BCUT2D eigenvalue weighted by molar-refractivity contribution is -0.151. The molecule has 0 bridgehead atoms. The van der Waals surface area contributed by atoms with E-state index in [1.165, 1.54) is 6.33 Å². The molecule has 2 atom stereocenters. The van der Waals surface area contributed by atoms with Crippen LogP contribution in [0.1, 0.15) is 72.6 Å². The highest BCUT2D eigenvalue weighted by Gasteiger charge is 2.39. The molecule has 1 fully saturated rings. The highest BCUT2D eigenvalue weighted by Crippen LogP contribution is 2.45. The van der Waals surface area contributed by atoms with Crippen LogP contribution < -0.4 is 10.8 Å². The van der Waals surface area contributed by atoms with Gasteiger partial charge in [0.1, 0.15) is 29.8 Å². The second-order valence-corrected chi connectivity index (χ2v) is 12.4. The van der Waals surface area contributed by atoms with E-state index in [2.05, 4.69) is 27.0 Å². The summed E-state index contributed by atoms with van der Waals surface area (Å²) in [6.45, 7) is 6.97. The summed E-state index contributed by atoms with van der Waals surface area (Å²) in [4.78, 5) is 37.5. The van der Waals surface area contributed by atoms with E-state index in [4.69, 9.17) is 24.5 Å². The van der Waals surface area contributed by atoms with Gasteiger partial charge in [0.15, 0.2) is 18.1 Å². The van der Waals surface area contributed by atoms with Crippen LogP contribution >= 0.6 is 7.52 Å². The van der Waals surface area contributed by atoms with Gasteiger partial charge in [-0.25, -0.2) is 24.8 Å². The van der Waals surface area contributed by atoms with Gasteiger partial charge in [-0.2, -0.15) is 0 Å². The molecule has 0 unspecified atom stereocenters. The minimum atomic E-state index is -3.88. The second-order valence-electron chi connectivity index (χ2n) is 10.4. The predicted molar refractivity (Wildman–Crippen MR) is 145 cm³/mol. The van der Waals surface area contributed by atoms with Crippen molar-refractivity contribution in [2.45, 2.75) is 96.9 Å². The topological polar surface area (TPSA) is 170 Å². The van der Waals surface area contributed by atoms with Gasteiger partial charge in [-0.3, -0.25) is 9.36 Å². The first kappa shape index (κ1) is 30.9. The first-order valence-electron chi connectivity index (χ1n) is 13.5. The Bertz CT molecular complexity index is 1150. The van der Waals surface area contributed by atoms with E-state index in [1.807, 2.05) is 0 Å². The van der Waals surface area contributed by atoms with E-state index in [9.17, 15) is 14.2 Å². The van der Waals surface area contributed by atoms with Crippen LogP contribution in [0.3, 0.4) is 0 Å². The Balaban J connectivity index is 1.64. The third-order valence-electron chi connectivity index (χ3n) is 6.34. The first-order valence-corrected chi connectivity index (χ1v) is 15.3. The molecule has 3 N–H and O–H groups in total. The Morgan fingerprint density at radius 2 is 1.97 bits per heavy atom. The Kier molecular flexibility index (Phi) is 11.2. The van der Waals surface area contributed by atoms with Crippen molar-refractivity contribution >= 4 is 36.4 Å². The number of unbranched alkanes of at least 4 members (excludes halogenated alkanes) is 2. The highest BCUT2D eigenvalue weighted by atomic mass is 31.2. The van der Waals surface area contributed by atoms with E-state index >= 15 is 0 Å². The molecule has 3 rings (SSSR count). The minimum Gasteiger partial charge on any atom is -0.464 e. The zero-order valence-electron chi connectivity index (χ0n) is 23.3. The van der Waals surface area contributed by atoms with Gasteiger partial charge in [-0.15, -0.1) is 0 Å². The molecule has 2 aromatic rings. The Morgan fingerprint density at radius 3 is 2.69 bits per heavy atom. The van der Waals surface area contributed by atoms with E-state index in [0.717, 1.165) is 44.9 Å². The van der Waals surface area contributed by atoms with Crippen LogP contribution in [-0.4, -0.2) is 68.8 Å². The zero-order chi connectivity index (χ0) is 28.5. The Labute approximate surface area is 229 Å². The number of nitrogens with two attached hydrogens (primary N) is 1. The average Bonchev–Trinajstić information content (AvgIpc) is 3.55. The van der Waals surface area contributed by atoms with Gasteiger partial charge in [0.05, 0.1) is 25.6 Å². The number of hydrogen-bond donors (Lipinski definition) is 2. The molecule has 0 aliphatic heterocycles. The van der Waals surface area contributed by atoms with Crippen LogP contribution in [0.15, 0.2) is 12.7 Å². The van der Waals surface area contributed by atoms with Gasteiger partial charge < -0.3 is 29.0 Å². The standard InChI is InChI=1S/C25H41N6O7P/c1-5-6-9-12-35-24(33)25(3,4)30-39(34,37-14-20(32)38-19-10-7-8-11-19)17-36-18(2)13-31-16-29-21-22(26)27-15-28-23(21)31/h15-16,18-19H,5-14,17H2,1-4H3,(H,30,34)(H2,26,27,28)/t18-,39+/m1/s1. The van der Waals surface area contributed by atoms with E-state index in [-0.39, 0.29) is 18.5 Å². The molecule has 14 heteroatoms. The normalized spacial score (nSPS) is 16.7. The van der Waals surface area contributed by atoms with Crippen LogP contribution in [0.4, 0.5) is 5.82 Å². The maximum Gasteiger partial charge on any atom is 0.332 e. The van der Waals surface area contributed by atoms with E-state index in [0.29, 0.717) is 17.7 Å². The van der Waals surface area contributed by atoms with Crippen molar-refractivity contribution in [1.82, 2.24) is 24.6 Å². The largest absolute Gasteiger partial charge is 0.464 e. The number of rotatable bonds is 16. The molecule has 2 aromatic heterocycles. The molecule has 0 radical (unpaired) electrons. The number of nitrogens with one attached hydrogen (secondary N) is 1. The zero-order valence-corrected chi connectivity index (χ0v) is 24.2. The van der Waals surface area contributed by atoms with Crippen LogP contribution in [0.5, 0.6) is 0 Å². The molecule has 1 saturated carbocycles. The van der Waals surface area contributed by atoms with Crippen LogP contribution in [-0.2, 0) is 39.4 Å². The number of nitrogens with zero attached hydrogens (tertiary/aromatic N) is 4. The molecule has 39 heavy (non-hydrogen) atoms. The van der Waals surface area contributed by atoms with Crippen LogP contribution in [0.25, 0.3) is 11.2 Å². The summed E-state index contributed by atoms with van der Waals surface area (Å²) in [7, 11) is -3.88. The van der Waals surface area contributed by atoms with Crippen molar-refractivity contribution in [3.8, 4) is 0 Å². The lowest BCUT2D eigenvalue weighted by Gasteiger charge is -2.30. The average molecular weight is 569 g/mol. The number of esters is 2. The van der Waals surface area contributed by atoms with Gasteiger partial charge in [0.2, 0.25) is 0 Å². The number of hydrogen-bond acceptors (Lipinski definition) is 11. The molecular formula is C25H41N6O7P. The van der Waals surface area contributed by atoms with Crippen molar-refractivity contribution < 1.29 is 32.9 Å². The maximum atomic E-state index is 13.9. The van der Waals surface area contributed by atoms with Crippen molar-refractivity contribution in [1.29, 1.82) is 0 Å². The number of anilines is 1. The monoisotopic (exact) mass is 568 g/mol. The maximum absolute atomic E-state index is 13.9. The van der Waals surface area contributed by atoms with E-state index in [1.54, 1.807) is 31.7 Å². The SMILES string of the molecule is CCCCCOC(=O)C(C)(C)N[P@](=O)(CO[C@H](C)Cn1cnc2c(N)ncnc21)OCC(=O)OC1CCCC1. The van der Waals surface area contributed by atoms with Gasteiger partial charge in [-0.05, 0) is 52.9 Å². The summed E-state index contributed by atoms with van der Waals surface area (Å²) in [5, 5.41) is 2.78. The summed E-state index contributed by atoms with van der Waals surface area (Å²) in [6.07, 6.45) is 8.18. The van der Waals surface area contributed by atoms with Crippen molar-refractivity contribution in [2.24, 2.45) is 0 Å². The molecule has 1 aliphatic rings. The van der Waals surface area contributed by atoms with Crippen LogP contribution in [0.2, 0.25) is 0 Å². The molecule has 218 valence electrons. The summed E-state index contributed by atoms with van der Waals surface area (Å²) < 4.78 is 37.9. The third kappa shape index (κ3) is 9.23. The van der Waals surface area contributed by atoms with Crippen molar-refractivity contribution in [3.05, 3.63) is 12.7 Å². The lowest BCUT2D eigenvalue weighted by atomic mass is 10.1. The quantitative estimate of drug-likeness (QED) is 0.172. The Morgan fingerprint density at radius 1 is 1.23 bits per heavy atom. The number of fused-ring (bicyclic) bond motifs is 1. The molecule has 0 saturated heterocycles. The highest BCUT2D eigenvalue weighted by molar-refractivity contribution is 7.56. The molecular weight excluding hydrogens is 527 g/mol. The lowest BCUT2D eigenvalue weighted by Crippen LogP contribution is -2.47. The molecule has 2 heterocycles. The number of carbonyl (C=O) groups is 2. The summed E-state index contributed by atoms with van der Waals surface area (Å²) in [5.74, 6) is -0.923. The molecule has 0 aromatic carbocycles. The van der Waals surface area contributed by atoms with Crippen molar-refractivity contribution in [3.63, 3.8) is 0 Å². The number of ether oxygens (including phenoxy) is 3. The number of aromatic nitrogens is 4. The summed E-state index contributed by atoms with van der Waals surface area (Å²) >= 11 is 0. The number of nitrogen functional groups attached to an aromatic ring is 1. The van der Waals surface area contributed by atoms with E-state index < -0.39 is 44.1 Å². The second kappa shape index (κ2) is 14.2. The van der Waals surface area contributed by atoms with Gasteiger partial charge in [0.25, 0.3) is 7.52 Å². The molecule has 1 aliphatic carbocycles. The fourth-order valence-corrected chi connectivity index (χ4v) is 6.15. The molecule has 0 amide bonds. The third-order valence-corrected chi connectivity index (χ3v) is 8.28.